The monoisotopic (exact) mass is 449 g/mol. The van der Waals surface area contributed by atoms with E-state index in [1.807, 2.05) is 41.3 Å². The van der Waals surface area contributed by atoms with E-state index in [1.165, 1.54) is 0 Å². The van der Waals surface area contributed by atoms with Gasteiger partial charge < -0.3 is 19.4 Å². The van der Waals surface area contributed by atoms with E-state index in [0.29, 0.717) is 37.4 Å². The summed E-state index contributed by atoms with van der Waals surface area (Å²) in [5.41, 5.74) is 6.60. The van der Waals surface area contributed by atoms with Crippen LogP contribution in [0.25, 0.3) is 10.9 Å². The molecular weight excluding hydrogens is 422 g/mol. The molecule has 8 nitrogen and oxygen atoms in total. The fraction of sp³-hybridized carbons (Fsp3) is 0.360. The maximum atomic E-state index is 13.1. The summed E-state index contributed by atoms with van der Waals surface area (Å²) in [6, 6.07) is 13.1. The lowest BCUT2D eigenvalue weighted by Gasteiger charge is -2.29. The van der Waals surface area contributed by atoms with Crippen LogP contribution < -0.4 is 10.2 Å². The van der Waals surface area contributed by atoms with Crippen LogP contribution in [0, 0.1) is 0 Å². The Morgan fingerprint density at radius 3 is 2.85 bits per heavy atom. The summed E-state index contributed by atoms with van der Waals surface area (Å²) in [5, 5.41) is 0.937. The van der Waals surface area contributed by atoms with Crippen molar-refractivity contribution in [1.29, 1.82) is 0 Å². The van der Waals surface area contributed by atoms with E-state index in [9.17, 15) is 9.59 Å². The van der Waals surface area contributed by atoms with Crippen LogP contribution in [-0.4, -0.2) is 48.2 Å². The van der Waals surface area contributed by atoms with Crippen LogP contribution in [0.2, 0.25) is 0 Å². The highest BCUT2D eigenvalue weighted by atomic mass is 16.8. The first-order chi connectivity index (χ1) is 16.1. The number of methoxy groups -OCH3 is 1. The van der Waals surface area contributed by atoms with E-state index in [-0.39, 0.29) is 18.1 Å². The minimum absolute atomic E-state index is 0.0430. The van der Waals surface area contributed by atoms with Crippen molar-refractivity contribution in [2.45, 2.75) is 38.5 Å². The van der Waals surface area contributed by atoms with Crippen LogP contribution in [0.3, 0.4) is 0 Å². The molecule has 2 amide bonds. The summed E-state index contributed by atoms with van der Waals surface area (Å²) in [5.74, 6) is 0.418. The fourth-order valence-electron chi connectivity index (χ4n) is 4.37. The topological polar surface area (TPSA) is 92.9 Å². The molecule has 1 fully saturated rings. The molecule has 172 valence electrons. The van der Waals surface area contributed by atoms with Crippen molar-refractivity contribution in [3.63, 3.8) is 0 Å². The molecule has 2 aliphatic rings. The summed E-state index contributed by atoms with van der Waals surface area (Å²) >= 11 is 0. The van der Waals surface area contributed by atoms with Gasteiger partial charge in [-0.1, -0.05) is 6.07 Å². The first kappa shape index (κ1) is 21.5. The number of benzene rings is 2. The Labute approximate surface area is 191 Å². The Morgan fingerprint density at radius 2 is 2.03 bits per heavy atom. The molecule has 0 spiro atoms. The molecule has 1 atom stereocenters. The Hall–Kier alpha value is -3.36. The molecular formula is C25H27N3O5. The second kappa shape index (κ2) is 9.25. The highest BCUT2D eigenvalue weighted by Gasteiger charge is 2.24. The van der Waals surface area contributed by atoms with Crippen molar-refractivity contribution in [1.82, 2.24) is 15.4 Å². The van der Waals surface area contributed by atoms with Gasteiger partial charge >= 0.3 is 0 Å². The van der Waals surface area contributed by atoms with Crippen LogP contribution >= 0.6 is 0 Å². The van der Waals surface area contributed by atoms with Gasteiger partial charge in [0.05, 0.1) is 7.11 Å². The molecule has 2 aromatic carbocycles. The lowest BCUT2D eigenvalue weighted by atomic mass is 9.97. The average molecular weight is 450 g/mol. The summed E-state index contributed by atoms with van der Waals surface area (Å²) in [4.78, 5) is 36.0. The van der Waals surface area contributed by atoms with Crippen molar-refractivity contribution < 1.29 is 23.9 Å². The SMILES string of the molecule is COc1ccc2[nH]c(C(=O)N3CCc4cc(C(=O)NOC5CCCCO5)ccc4C3)cc2c1. The number of carbonyl (C=O) groups is 2. The first-order valence-corrected chi connectivity index (χ1v) is 11.3. The normalized spacial score (nSPS) is 18.1. The van der Waals surface area contributed by atoms with Crippen molar-refractivity contribution in [3.8, 4) is 5.75 Å². The quantitative estimate of drug-likeness (QED) is 0.581. The molecule has 0 aliphatic carbocycles. The second-order valence-corrected chi connectivity index (χ2v) is 8.44. The van der Waals surface area contributed by atoms with Crippen LogP contribution in [0.5, 0.6) is 5.75 Å². The first-order valence-electron chi connectivity index (χ1n) is 11.3. The molecule has 3 heterocycles. The number of fused-ring (bicyclic) bond motifs is 2. The molecule has 2 N–H and O–H groups in total. The summed E-state index contributed by atoms with van der Waals surface area (Å²) < 4.78 is 10.7. The number of aromatic amines is 1. The highest BCUT2D eigenvalue weighted by Crippen LogP contribution is 2.25. The molecule has 3 aromatic rings. The van der Waals surface area contributed by atoms with Gasteiger partial charge in [-0.2, -0.15) is 0 Å². The number of hydrogen-bond acceptors (Lipinski definition) is 5. The van der Waals surface area contributed by atoms with Crippen molar-refractivity contribution in [2.24, 2.45) is 0 Å². The van der Waals surface area contributed by atoms with Gasteiger partial charge in [-0.25, -0.2) is 10.3 Å². The summed E-state index contributed by atoms with van der Waals surface area (Å²) in [7, 11) is 1.62. The van der Waals surface area contributed by atoms with Gasteiger partial charge in [0, 0.05) is 42.6 Å². The van der Waals surface area contributed by atoms with Gasteiger partial charge in [0.1, 0.15) is 11.4 Å². The van der Waals surface area contributed by atoms with Crippen molar-refractivity contribution >= 4 is 22.7 Å². The average Bonchev–Trinajstić information content (AvgIpc) is 3.30. The van der Waals surface area contributed by atoms with E-state index in [2.05, 4.69) is 10.5 Å². The minimum Gasteiger partial charge on any atom is -0.497 e. The number of nitrogens with zero attached hydrogens (tertiary/aromatic N) is 1. The second-order valence-electron chi connectivity index (χ2n) is 8.44. The predicted molar refractivity (Wildman–Crippen MR) is 122 cm³/mol. The molecule has 1 saturated heterocycles. The summed E-state index contributed by atoms with van der Waals surface area (Å²) in [6.45, 7) is 1.74. The number of rotatable bonds is 5. The zero-order valence-corrected chi connectivity index (χ0v) is 18.6. The van der Waals surface area contributed by atoms with E-state index >= 15 is 0 Å². The number of ether oxygens (including phenoxy) is 2. The van der Waals surface area contributed by atoms with Crippen LogP contribution in [-0.2, 0) is 22.5 Å². The van der Waals surface area contributed by atoms with Crippen LogP contribution in [0.15, 0.2) is 42.5 Å². The van der Waals surface area contributed by atoms with Gasteiger partial charge in [0.15, 0.2) is 6.29 Å². The highest BCUT2D eigenvalue weighted by molar-refractivity contribution is 5.98. The van der Waals surface area contributed by atoms with Gasteiger partial charge in [-0.05, 0) is 66.8 Å². The summed E-state index contributed by atoms with van der Waals surface area (Å²) in [6.07, 6.45) is 3.13. The zero-order valence-electron chi connectivity index (χ0n) is 18.6. The molecule has 0 bridgehead atoms. The number of aromatic nitrogens is 1. The Bertz CT molecular complexity index is 1180. The molecule has 0 saturated carbocycles. The largest absolute Gasteiger partial charge is 0.497 e. The molecule has 1 unspecified atom stereocenters. The Balaban J connectivity index is 1.24. The van der Waals surface area contributed by atoms with Crippen molar-refractivity contribution in [3.05, 3.63) is 64.8 Å². The Morgan fingerprint density at radius 1 is 1.12 bits per heavy atom. The van der Waals surface area contributed by atoms with E-state index in [4.69, 9.17) is 14.3 Å². The number of amides is 2. The standard InChI is InChI=1S/C25H27N3O5/c1-31-20-7-8-21-19(13-20)14-22(26-21)25(30)28-10-9-16-12-17(5-6-18(16)15-28)24(29)27-33-23-4-2-3-11-32-23/h5-8,12-14,23,26H,2-4,9-11,15H2,1H3,(H,27,29). The molecule has 8 heteroatoms. The molecule has 5 rings (SSSR count). The molecule has 0 radical (unpaired) electrons. The lowest BCUT2D eigenvalue weighted by Crippen LogP contribution is -2.36. The van der Waals surface area contributed by atoms with Crippen molar-refractivity contribution in [2.75, 3.05) is 20.3 Å². The number of hydroxylamine groups is 1. The van der Waals surface area contributed by atoms with Crippen LogP contribution in [0.4, 0.5) is 0 Å². The molecule has 2 aliphatic heterocycles. The fourth-order valence-corrected chi connectivity index (χ4v) is 4.37. The molecule has 33 heavy (non-hydrogen) atoms. The molecule has 1 aromatic heterocycles. The maximum absolute atomic E-state index is 13.1. The number of hydrogen-bond donors (Lipinski definition) is 2. The van der Waals surface area contributed by atoms with E-state index < -0.39 is 0 Å². The van der Waals surface area contributed by atoms with Gasteiger partial charge in [0.25, 0.3) is 11.8 Å². The van der Waals surface area contributed by atoms with Gasteiger partial charge in [0.2, 0.25) is 0 Å². The number of nitrogens with one attached hydrogen (secondary N) is 2. The van der Waals surface area contributed by atoms with Crippen LogP contribution in [0.1, 0.15) is 51.2 Å². The predicted octanol–water partition coefficient (Wildman–Crippen LogP) is 3.56. The third-order valence-corrected chi connectivity index (χ3v) is 6.25. The third-order valence-electron chi connectivity index (χ3n) is 6.25. The number of carbonyl (C=O) groups excluding carboxylic acids is 2. The number of H-pyrrole nitrogens is 1. The van der Waals surface area contributed by atoms with Gasteiger partial charge in [-0.3, -0.25) is 9.59 Å². The minimum atomic E-state index is -0.384. The zero-order chi connectivity index (χ0) is 22.8. The van der Waals surface area contributed by atoms with E-state index in [0.717, 1.165) is 47.0 Å². The van der Waals surface area contributed by atoms with E-state index in [1.54, 1.807) is 13.2 Å². The third kappa shape index (κ3) is 4.58. The van der Waals surface area contributed by atoms with Gasteiger partial charge in [-0.15, -0.1) is 0 Å². The Kier molecular flexibility index (Phi) is 6.02. The smallest absolute Gasteiger partial charge is 0.274 e. The maximum Gasteiger partial charge on any atom is 0.274 e. The lowest BCUT2D eigenvalue weighted by molar-refractivity contribution is -0.186.